The Morgan fingerprint density at radius 1 is 1.19 bits per heavy atom. The fourth-order valence-corrected chi connectivity index (χ4v) is 5.14. The van der Waals surface area contributed by atoms with Gasteiger partial charge in [-0.1, -0.05) is 42.3 Å². The van der Waals surface area contributed by atoms with E-state index in [1.54, 1.807) is 51.2 Å². The largest absolute Gasteiger partial charge is 0.447 e. The number of aromatic nitrogens is 4. The average Bonchev–Trinajstić information content (AvgIpc) is 3.32. The molecule has 224 valence electrons. The lowest BCUT2D eigenvalue weighted by molar-refractivity contribution is -0.119. The van der Waals surface area contributed by atoms with Gasteiger partial charge in [-0.3, -0.25) is 15.1 Å². The monoisotopic (exact) mass is 605 g/mol. The van der Waals surface area contributed by atoms with E-state index >= 15 is 0 Å². The Morgan fingerprint density at radius 3 is 2.79 bits per heavy atom. The number of carbonyl (C=O) groups excluding carboxylic acids is 2. The summed E-state index contributed by atoms with van der Waals surface area (Å²) in [6, 6.07) is 13.6. The van der Waals surface area contributed by atoms with Crippen LogP contribution < -0.4 is 16.0 Å². The van der Waals surface area contributed by atoms with Crippen molar-refractivity contribution in [3.63, 3.8) is 0 Å². The highest BCUT2D eigenvalue weighted by Crippen LogP contribution is 2.35. The second kappa shape index (κ2) is 12.8. The van der Waals surface area contributed by atoms with E-state index in [2.05, 4.69) is 31.2 Å². The molecule has 3 heterocycles. The summed E-state index contributed by atoms with van der Waals surface area (Å²) in [7, 11) is 0. The summed E-state index contributed by atoms with van der Waals surface area (Å²) < 4.78 is 21.4. The number of ether oxygens (including phenoxy) is 1. The van der Waals surface area contributed by atoms with Gasteiger partial charge in [0, 0.05) is 23.4 Å². The van der Waals surface area contributed by atoms with Gasteiger partial charge in [-0.2, -0.15) is 0 Å². The summed E-state index contributed by atoms with van der Waals surface area (Å²) in [5.41, 5.74) is 4.23. The van der Waals surface area contributed by atoms with Crippen LogP contribution in [0.3, 0.4) is 0 Å². The third-order valence-corrected chi connectivity index (χ3v) is 7.55. The van der Waals surface area contributed by atoms with Gasteiger partial charge in [-0.25, -0.2) is 13.9 Å². The molecule has 10 nitrogen and oxygen atoms in total. The van der Waals surface area contributed by atoms with Crippen molar-refractivity contribution in [1.29, 1.82) is 0 Å². The van der Waals surface area contributed by atoms with Crippen molar-refractivity contribution < 1.29 is 18.7 Å². The van der Waals surface area contributed by atoms with E-state index < -0.39 is 11.9 Å². The Kier molecular flexibility index (Phi) is 8.91. The highest BCUT2D eigenvalue weighted by molar-refractivity contribution is 6.30. The van der Waals surface area contributed by atoms with Crippen LogP contribution in [0.2, 0.25) is 5.02 Å². The molecular formula is C31H33ClFN7O3. The van der Waals surface area contributed by atoms with Crippen LogP contribution in [0.4, 0.5) is 26.4 Å². The molecule has 2 atom stereocenters. The molecule has 2 amide bonds. The van der Waals surface area contributed by atoms with Crippen LogP contribution in [0.5, 0.6) is 0 Å². The van der Waals surface area contributed by atoms with Gasteiger partial charge in [0.2, 0.25) is 5.91 Å². The van der Waals surface area contributed by atoms with Crippen LogP contribution in [0, 0.1) is 18.7 Å². The second-order valence-corrected chi connectivity index (χ2v) is 11.2. The summed E-state index contributed by atoms with van der Waals surface area (Å²) in [6.07, 6.45) is 2.90. The van der Waals surface area contributed by atoms with Crippen LogP contribution in [-0.2, 0) is 9.53 Å². The smallest absolute Gasteiger partial charge is 0.411 e. The number of rotatable bonds is 5. The first-order valence-corrected chi connectivity index (χ1v) is 14.5. The van der Waals surface area contributed by atoms with Gasteiger partial charge >= 0.3 is 6.09 Å². The lowest BCUT2D eigenvalue weighted by atomic mass is 9.95. The second-order valence-electron chi connectivity index (χ2n) is 10.8. The summed E-state index contributed by atoms with van der Waals surface area (Å²) in [6.45, 7) is 7.22. The van der Waals surface area contributed by atoms with Crippen molar-refractivity contribution in [3.8, 4) is 16.8 Å². The minimum Gasteiger partial charge on any atom is -0.447 e. The number of halogens is 2. The first kappa shape index (κ1) is 30.0. The minimum absolute atomic E-state index is 0.000860. The average molecular weight is 606 g/mol. The molecule has 12 heteroatoms. The van der Waals surface area contributed by atoms with Crippen LogP contribution in [0.1, 0.15) is 57.5 Å². The Bertz CT molecular complexity index is 1660. The lowest BCUT2D eigenvalue weighted by Crippen LogP contribution is -2.22. The number of amides is 2. The van der Waals surface area contributed by atoms with E-state index in [1.165, 1.54) is 10.7 Å². The predicted octanol–water partition coefficient (Wildman–Crippen LogP) is 7.30. The number of nitrogens with one attached hydrogen (secondary N) is 3. The number of carbonyl (C=O) groups is 2. The molecule has 0 saturated carbocycles. The maximum Gasteiger partial charge on any atom is 0.411 e. The van der Waals surface area contributed by atoms with Crippen LogP contribution in [-0.4, -0.2) is 38.1 Å². The fourth-order valence-electron chi connectivity index (χ4n) is 4.97. The lowest BCUT2D eigenvalue weighted by Gasteiger charge is -2.22. The Morgan fingerprint density at radius 2 is 2.00 bits per heavy atom. The molecule has 0 unspecified atom stereocenters. The van der Waals surface area contributed by atoms with Gasteiger partial charge in [-0.15, -0.1) is 5.10 Å². The molecule has 0 spiro atoms. The van der Waals surface area contributed by atoms with Gasteiger partial charge in [0.15, 0.2) is 11.6 Å². The molecule has 4 aromatic rings. The topological polar surface area (TPSA) is 123 Å². The Balaban J connectivity index is 1.49. The third kappa shape index (κ3) is 6.77. The molecule has 43 heavy (non-hydrogen) atoms. The summed E-state index contributed by atoms with van der Waals surface area (Å²) in [5.74, 6) is -0.482. The highest BCUT2D eigenvalue weighted by atomic mass is 35.5. The number of anilines is 3. The highest BCUT2D eigenvalue weighted by Gasteiger charge is 2.23. The van der Waals surface area contributed by atoms with Crippen molar-refractivity contribution in [2.75, 3.05) is 16.0 Å². The number of hydrogen-bond acceptors (Lipinski definition) is 7. The number of hydrogen-bond donors (Lipinski definition) is 3. The van der Waals surface area contributed by atoms with Crippen LogP contribution in [0.15, 0.2) is 54.7 Å². The van der Waals surface area contributed by atoms with E-state index in [4.69, 9.17) is 16.3 Å². The summed E-state index contributed by atoms with van der Waals surface area (Å²) in [5, 5.41) is 17.7. The normalized spacial score (nSPS) is 16.9. The van der Waals surface area contributed by atoms with Crippen molar-refractivity contribution in [2.45, 2.75) is 59.1 Å². The van der Waals surface area contributed by atoms with Crippen molar-refractivity contribution in [1.82, 2.24) is 20.0 Å². The molecule has 3 N–H and O–H groups in total. The molecular weight excluding hydrogens is 573 g/mol. The van der Waals surface area contributed by atoms with E-state index in [0.29, 0.717) is 35.7 Å². The molecule has 2 bridgehead atoms. The number of pyridine rings is 1. The van der Waals surface area contributed by atoms with Gasteiger partial charge < -0.3 is 15.4 Å². The van der Waals surface area contributed by atoms with Crippen molar-refractivity contribution >= 4 is 40.8 Å². The molecule has 2 aromatic heterocycles. The Hall–Kier alpha value is -4.51. The van der Waals surface area contributed by atoms with Crippen molar-refractivity contribution in [3.05, 3.63) is 77.0 Å². The standard InChI is InChI=1S/C31H33ClFN7O3/c1-17(2)43-31(42)35-21-11-12-22-20-13-14-34-26(15-20)24(9-5-7-18(3)30(41)37-25(22)16-21)36-29-19(4)40(39-38-29)27-10-6-8-23(32)28(27)33/h6,8,10-18,24,36H,5,7,9H2,1-4H3,(H,35,42)(H,37,41)/t18-,24+/m1/s1. The first-order valence-electron chi connectivity index (χ1n) is 14.1. The van der Waals surface area contributed by atoms with E-state index in [-0.39, 0.29) is 34.7 Å². The minimum atomic E-state index is -0.579. The van der Waals surface area contributed by atoms with Crippen LogP contribution >= 0.6 is 11.6 Å². The zero-order chi connectivity index (χ0) is 30.7. The molecule has 0 fully saturated rings. The zero-order valence-corrected chi connectivity index (χ0v) is 25.1. The SMILES string of the molecule is Cc1c(N[C@H]2CCC[C@@H](C)C(=O)Nc3cc(NC(=O)OC(C)C)ccc3-c3ccnc2c3)nnn1-c1cccc(Cl)c1F. The fraction of sp³-hybridized carbons (Fsp3) is 0.323. The Labute approximate surface area is 254 Å². The maximum absolute atomic E-state index is 14.7. The number of benzene rings is 2. The van der Waals surface area contributed by atoms with Gasteiger partial charge in [0.25, 0.3) is 0 Å². The molecule has 5 rings (SSSR count). The number of fused-ring (bicyclic) bond motifs is 4. The first-order chi connectivity index (χ1) is 20.6. The summed E-state index contributed by atoms with van der Waals surface area (Å²) in [4.78, 5) is 30.1. The maximum atomic E-state index is 14.7. The van der Waals surface area contributed by atoms with E-state index in [0.717, 1.165) is 23.2 Å². The summed E-state index contributed by atoms with van der Waals surface area (Å²) >= 11 is 6.00. The quantitative estimate of drug-likeness (QED) is 0.218. The predicted molar refractivity (Wildman–Crippen MR) is 164 cm³/mol. The molecule has 1 aliphatic rings. The molecule has 0 aliphatic carbocycles. The molecule has 0 saturated heterocycles. The number of nitrogens with zero attached hydrogens (tertiary/aromatic N) is 4. The van der Waals surface area contributed by atoms with E-state index in [9.17, 15) is 14.0 Å². The van der Waals surface area contributed by atoms with Crippen molar-refractivity contribution in [2.24, 2.45) is 5.92 Å². The zero-order valence-electron chi connectivity index (χ0n) is 24.3. The van der Waals surface area contributed by atoms with Gasteiger partial charge in [0.05, 0.1) is 34.2 Å². The van der Waals surface area contributed by atoms with E-state index in [1.807, 2.05) is 25.1 Å². The van der Waals surface area contributed by atoms with Gasteiger partial charge in [0.1, 0.15) is 5.69 Å². The molecule has 0 radical (unpaired) electrons. The molecule has 1 aliphatic heterocycles. The van der Waals surface area contributed by atoms with Gasteiger partial charge in [-0.05, 0) is 75.6 Å². The van der Waals surface area contributed by atoms with Crippen LogP contribution in [0.25, 0.3) is 16.8 Å². The molecule has 2 aromatic carbocycles. The third-order valence-electron chi connectivity index (χ3n) is 7.26.